The third kappa shape index (κ3) is 3.61. The van der Waals surface area contributed by atoms with Gasteiger partial charge >= 0.3 is 5.97 Å². The van der Waals surface area contributed by atoms with E-state index in [1.165, 1.54) is 7.11 Å². The molecule has 0 aromatic carbocycles. The van der Waals surface area contributed by atoms with Crippen molar-refractivity contribution >= 4 is 5.97 Å². The standard InChI is InChI=1S/C9H14O2/c1-5-8(6-7(2)3)9(10)11-4/h5-6H,1-4H3. The summed E-state index contributed by atoms with van der Waals surface area (Å²) >= 11 is 0. The van der Waals surface area contributed by atoms with Gasteiger partial charge in [-0.25, -0.2) is 4.79 Å². The number of carbonyl (C=O) groups is 1. The Bertz CT molecular complexity index is 196. The van der Waals surface area contributed by atoms with E-state index in [9.17, 15) is 4.79 Å². The molecule has 0 aliphatic heterocycles. The average Bonchev–Trinajstić information content (AvgIpc) is 1.98. The van der Waals surface area contributed by atoms with Crippen molar-refractivity contribution in [3.63, 3.8) is 0 Å². The minimum Gasteiger partial charge on any atom is -0.465 e. The highest BCUT2D eigenvalue weighted by Gasteiger charge is 2.03. The SMILES string of the molecule is CC=C(C=C(C)C)C(=O)OC. The van der Waals surface area contributed by atoms with Gasteiger partial charge in [-0.1, -0.05) is 11.6 Å². The van der Waals surface area contributed by atoms with Crippen molar-refractivity contribution in [2.75, 3.05) is 7.11 Å². The van der Waals surface area contributed by atoms with Crippen molar-refractivity contribution in [2.24, 2.45) is 0 Å². The summed E-state index contributed by atoms with van der Waals surface area (Å²) in [6.07, 6.45) is 3.53. The molecular formula is C9H14O2. The second-order valence-electron chi connectivity index (χ2n) is 2.46. The van der Waals surface area contributed by atoms with Crippen LogP contribution < -0.4 is 0 Å². The highest BCUT2D eigenvalue weighted by molar-refractivity contribution is 5.91. The number of hydrogen-bond donors (Lipinski definition) is 0. The molecule has 0 aliphatic carbocycles. The summed E-state index contributed by atoms with van der Waals surface area (Å²) in [5.74, 6) is -0.284. The van der Waals surface area contributed by atoms with Crippen molar-refractivity contribution in [3.8, 4) is 0 Å². The summed E-state index contributed by atoms with van der Waals surface area (Å²) in [6, 6.07) is 0. The lowest BCUT2D eigenvalue weighted by Crippen LogP contribution is -2.02. The summed E-state index contributed by atoms with van der Waals surface area (Å²) in [6.45, 7) is 5.69. The predicted molar refractivity (Wildman–Crippen MR) is 45.2 cm³/mol. The molecular weight excluding hydrogens is 140 g/mol. The summed E-state index contributed by atoms with van der Waals surface area (Å²) in [5, 5.41) is 0. The second-order valence-corrected chi connectivity index (χ2v) is 2.46. The minimum absolute atomic E-state index is 0.284. The first kappa shape index (κ1) is 9.95. The number of rotatable bonds is 2. The van der Waals surface area contributed by atoms with Gasteiger partial charge in [-0.15, -0.1) is 0 Å². The van der Waals surface area contributed by atoms with Crippen LogP contribution in [0.15, 0.2) is 23.3 Å². The van der Waals surface area contributed by atoms with Gasteiger partial charge in [0.1, 0.15) is 0 Å². The third-order valence-corrected chi connectivity index (χ3v) is 1.18. The molecule has 0 saturated heterocycles. The van der Waals surface area contributed by atoms with Crippen LogP contribution >= 0.6 is 0 Å². The fraction of sp³-hybridized carbons (Fsp3) is 0.444. The Morgan fingerprint density at radius 3 is 2.18 bits per heavy atom. The summed E-state index contributed by atoms with van der Waals surface area (Å²) in [4.78, 5) is 10.9. The van der Waals surface area contributed by atoms with E-state index < -0.39 is 0 Å². The molecule has 0 aromatic heterocycles. The van der Waals surface area contributed by atoms with Gasteiger partial charge in [0.25, 0.3) is 0 Å². The molecule has 2 heteroatoms. The number of hydrogen-bond acceptors (Lipinski definition) is 2. The van der Waals surface area contributed by atoms with Crippen LogP contribution in [0.1, 0.15) is 20.8 Å². The van der Waals surface area contributed by atoms with Crippen molar-refractivity contribution in [2.45, 2.75) is 20.8 Å². The Kier molecular flexibility index (Phi) is 4.27. The lowest BCUT2D eigenvalue weighted by Gasteiger charge is -1.98. The molecule has 0 bridgehead atoms. The molecule has 0 fully saturated rings. The molecule has 2 nitrogen and oxygen atoms in total. The minimum atomic E-state index is -0.284. The van der Waals surface area contributed by atoms with Crippen molar-refractivity contribution < 1.29 is 9.53 Å². The number of carbonyl (C=O) groups excluding carboxylic acids is 1. The van der Waals surface area contributed by atoms with Gasteiger partial charge in [-0.05, 0) is 26.8 Å². The maximum absolute atomic E-state index is 10.9. The highest BCUT2D eigenvalue weighted by atomic mass is 16.5. The quantitative estimate of drug-likeness (QED) is 0.346. The van der Waals surface area contributed by atoms with E-state index in [0.29, 0.717) is 5.57 Å². The zero-order valence-corrected chi connectivity index (χ0v) is 7.47. The van der Waals surface area contributed by atoms with Crippen LogP contribution in [0, 0.1) is 0 Å². The van der Waals surface area contributed by atoms with Crippen LogP contribution in [0.3, 0.4) is 0 Å². The lowest BCUT2D eigenvalue weighted by molar-refractivity contribution is -0.135. The zero-order valence-electron chi connectivity index (χ0n) is 7.47. The molecule has 62 valence electrons. The molecule has 0 aliphatic rings. The fourth-order valence-corrected chi connectivity index (χ4v) is 0.689. The van der Waals surface area contributed by atoms with E-state index in [2.05, 4.69) is 4.74 Å². The number of allylic oxidation sites excluding steroid dienone is 2. The van der Waals surface area contributed by atoms with Crippen LogP contribution in [0.25, 0.3) is 0 Å². The normalized spacial score (nSPS) is 10.7. The van der Waals surface area contributed by atoms with E-state index >= 15 is 0 Å². The molecule has 11 heavy (non-hydrogen) atoms. The highest BCUT2D eigenvalue weighted by Crippen LogP contribution is 2.03. The monoisotopic (exact) mass is 154 g/mol. The Labute approximate surface area is 67.6 Å². The van der Waals surface area contributed by atoms with Gasteiger partial charge in [-0.3, -0.25) is 0 Å². The van der Waals surface area contributed by atoms with Crippen molar-refractivity contribution in [1.29, 1.82) is 0 Å². The lowest BCUT2D eigenvalue weighted by atomic mass is 10.2. The summed E-state index contributed by atoms with van der Waals surface area (Å²) < 4.78 is 4.55. The Balaban J connectivity index is 4.45. The van der Waals surface area contributed by atoms with Gasteiger partial charge in [0, 0.05) is 0 Å². The molecule has 0 unspecified atom stereocenters. The van der Waals surface area contributed by atoms with Crippen LogP contribution in [0.2, 0.25) is 0 Å². The maximum atomic E-state index is 10.9. The maximum Gasteiger partial charge on any atom is 0.337 e. The van der Waals surface area contributed by atoms with Gasteiger partial charge in [0.15, 0.2) is 0 Å². The molecule has 0 saturated carbocycles. The predicted octanol–water partition coefficient (Wildman–Crippen LogP) is 2.07. The van der Waals surface area contributed by atoms with E-state index in [4.69, 9.17) is 0 Å². The van der Waals surface area contributed by atoms with E-state index in [1.54, 1.807) is 12.2 Å². The number of esters is 1. The Hall–Kier alpha value is -1.05. The van der Waals surface area contributed by atoms with E-state index in [-0.39, 0.29) is 5.97 Å². The Morgan fingerprint density at radius 2 is 1.91 bits per heavy atom. The molecule has 0 amide bonds. The van der Waals surface area contributed by atoms with E-state index in [1.807, 2.05) is 20.8 Å². The number of methoxy groups -OCH3 is 1. The van der Waals surface area contributed by atoms with Crippen molar-refractivity contribution in [3.05, 3.63) is 23.3 Å². The van der Waals surface area contributed by atoms with Gasteiger partial charge in [0.2, 0.25) is 0 Å². The van der Waals surface area contributed by atoms with Crippen LogP contribution in [-0.2, 0) is 9.53 Å². The molecule has 0 radical (unpaired) electrons. The molecule has 0 spiro atoms. The van der Waals surface area contributed by atoms with Crippen molar-refractivity contribution in [1.82, 2.24) is 0 Å². The Morgan fingerprint density at radius 1 is 1.36 bits per heavy atom. The van der Waals surface area contributed by atoms with Crippen LogP contribution in [0.4, 0.5) is 0 Å². The second kappa shape index (κ2) is 4.72. The topological polar surface area (TPSA) is 26.3 Å². The van der Waals surface area contributed by atoms with E-state index in [0.717, 1.165) is 5.57 Å². The fourth-order valence-electron chi connectivity index (χ4n) is 0.689. The molecule has 0 heterocycles. The summed E-state index contributed by atoms with van der Waals surface area (Å²) in [7, 11) is 1.38. The van der Waals surface area contributed by atoms with Crippen LogP contribution in [-0.4, -0.2) is 13.1 Å². The smallest absolute Gasteiger partial charge is 0.337 e. The first-order valence-corrected chi connectivity index (χ1v) is 3.51. The number of ether oxygens (including phenoxy) is 1. The first-order valence-electron chi connectivity index (χ1n) is 3.51. The largest absolute Gasteiger partial charge is 0.465 e. The third-order valence-electron chi connectivity index (χ3n) is 1.18. The molecule has 0 aromatic rings. The van der Waals surface area contributed by atoms with Gasteiger partial charge in [-0.2, -0.15) is 0 Å². The average molecular weight is 154 g/mol. The molecule has 0 atom stereocenters. The van der Waals surface area contributed by atoms with Crippen LogP contribution in [0.5, 0.6) is 0 Å². The molecule has 0 N–H and O–H groups in total. The zero-order chi connectivity index (χ0) is 8.85. The summed E-state index contributed by atoms with van der Waals surface area (Å²) in [5.41, 5.74) is 1.69. The van der Waals surface area contributed by atoms with Gasteiger partial charge in [0.05, 0.1) is 12.7 Å². The van der Waals surface area contributed by atoms with Gasteiger partial charge < -0.3 is 4.74 Å². The molecule has 0 rings (SSSR count). The first-order chi connectivity index (χ1) is 5.11.